The summed E-state index contributed by atoms with van der Waals surface area (Å²) in [6, 6.07) is 7.33. The van der Waals surface area contributed by atoms with Crippen LogP contribution in [0.2, 0.25) is 0 Å². The molecule has 0 radical (unpaired) electrons. The maximum atomic E-state index is 11.8. The van der Waals surface area contributed by atoms with Crippen LogP contribution in [0.4, 0.5) is 0 Å². The minimum atomic E-state index is -0.857. The monoisotopic (exact) mass is 220 g/mol. The van der Waals surface area contributed by atoms with E-state index in [9.17, 15) is 9.59 Å². The first-order valence-electron chi connectivity index (χ1n) is 5.30. The summed E-state index contributed by atoms with van der Waals surface area (Å²) in [5, 5.41) is 8.59. The van der Waals surface area contributed by atoms with E-state index in [1.165, 1.54) is 0 Å². The summed E-state index contributed by atoms with van der Waals surface area (Å²) in [7, 11) is 0. The van der Waals surface area contributed by atoms with Crippen molar-refractivity contribution < 1.29 is 14.7 Å². The zero-order valence-electron chi connectivity index (χ0n) is 9.56. The van der Waals surface area contributed by atoms with Crippen molar-refractivity contribution in [1.29, 1.82) is 0 Å². The fourth-order valence-corrected chi connectivity index (χ4v) is 1.54. The molecule has 0 heterocycles. The van der Waals surface area contributed by atoms with E-state index < -0.39 is 5.97 Å². The molecule has 1 aromatic carbocycles. The fourth-order valence-electron chi connectivity index (χ4n) is 1.54. The highest BCUT2D eigenvalue weighted by Crippen LogP contribution is 2.13. The Balaban J connectivity index is 2.58. The van der Waals surface area contributed by atoms with Gasteiger partial charge in [-0.05, 0) is 12.8 Å². The van der Waals surface area contributed by atoms with Gasteiger partial charge in [0.15, 0.2) is 5.78 Å². The molecule has 1 N–H and O–H groups in total. The maximum Gasteiger partial charge on any atom is 0.303 e. The molecule has 0 bridgehead atoms. The van der Waals surface area contributed by atoms with Crippen molar-refractivity contribution in [2.75, 3.05) is 0 Å². The van der Waals surface area contributed by atoms with Gasteiger partial charge in [0.2, 0.25) is 0 Å². The normalized spacial score (nSPS) is 12.1. The first kappa shape index (κ1) is 12.4. The van der Waals surface area contributed by atoms with Gasteiger partial charge < -0.3 is 5.11 Å². The Bertz CT molecular complexity index is 379. The molecule has 86 valence electrons. The van der Waals surface area contributed by atoms with E-state index in [1.54, 1.807) is 19.1 Å². The Morgan fingerprint density at radius 3 is 2.25 bits per heavy atom. The van der Waals surface area contributed by atoms with Crippen molar-refractivity contribution in [2.45, 2.75) is 26.7 Å². The standard InChI is InChI=1S/C13H16O3/c1-9-3-5-11(6-4-9)12(14)7-10(2)8-13(15)16/h3-6,10H,7-8H2,1-2H3,(H,15,16). The van der Waals surface area contributed by atoms with Crippen LogP contribution in [0.15, 0.2) is 24.3 Å². The van der Waals surface area contributed by atoms with Gasteiger partial charge >= 0.3 is 5.97 Å². The number of aryl methyl sites for hydroxylation is 1. The molecule has 1 atom stereocenters. The number of aliphatic carboxylic acids is 1. The number of rotatable bonds is 5. The summed E-state index contributed by atoms with van der Waals surface area (Å²) in [5.74, 6) is -0.968. The van der Waals surface area contributed by atoms with E-state index in [0.29, 0.717) is 5.56 Å². The number of carbonyl (C=O) groups excluding carboxylic acids is 1. The van der Waals surface area contributed by atoms with Gasteiger partial charge in [-0.1, -0.05) is 36.8 Å². The molecule has 3 heteroatoms. The minimum Gasteiger partial charge on any atom is -0.481 e. The largest absolute Gasteiger partial charge is 0.481 e. The minimum absolute atomic E-state index is 0.00810. The average molecular weight is 220 g/mol. The predicted molar refractivity (Wildman–Crippen MR) is 61.5 cm³/mol. The highest BCUT2D eigenvalue weighted by molar-refractivity contribution is 5.96. The van der Waals surface area contributed by atoms with E-state index >= 15 is 0 Å². The van der Waals surface area contributed by atoms with Crippen LogP contribution in [-0.2, 0) is 4.79 Å². The maximum absolute atomic E-state index is 11.8. The molecule has 1 unspecified atom stereocenters. The van der Waals surface area contributed by atoms with Crippen LogP contribution in [0.1, 0.15) is 35.7 Å². The van der Waals surface area contributed by atoms with Gasteiger partial charge in [-0.25, -0.2) is 0 Å². The molecule has 0 fully saturated rings. The summed E-state index contributed by atoms with van der Waals surface area (Å²) in [5.41, 5.74) is 1.76. The second-order valence-electron chi connectivity index (χ2n) is 4.20. The number of carboxylic acid groups (broad SMARTS) is 1. The quantitative estimate of drug-likeness (QED) is 0.776. The zero-order chi connectivity index (χ0) is 12.1. The van der Waals surface area contributed by atoms with Crippen LogP contribution in [-0.4, -0.2) is 16.9 Å². The smallest absolute Gasteiger partial charge is 0.303 e. The summed E-state index contributed by atoms with van der Waals surface area (Å²) >= 11 is 0. The van der Waals surface area contributed by atoms with Gasteiger partial charge in [0.1, 0.15) is 0 Å². The van der Waals surface area contributed by atoms with Crippen LogP contribution < -0.4 is 0 Å². The summed E-state index contributed by atoms with van der Waals surface area (Å²) < 4.78 is 0. The molecule has 0 spiro atoms. The molecule has 0 aromatic heterocycles. The number of carbonyl (C=O) groups is 2. The van der Waals surface area contributed by atoms with Crippen molar-refractivity contribution in [1.82, 2.24) is 0 Å². The van der Waals surface area contributed by atoms with Gasteiger partial charge in [-0.15, -0.1) is 0 Å². The van der Waals surface area contributed by atoms with Gasteiger partial charge in [0.05, 0.1) is 0 Å². The molecule has 0 saturated heterocycles. The highest BCUT2D eigenvalue weighted by Gasteiger charge is 2.13. The number of ketones is 1. The second kappa shape index (κ2) is 5.45. The second-order valence-corrected chi connectivity index (χ2v) is 4.20. The molecule has 16 heavy (non-hydrogen) atoms. The number of Topliss-reactive ketones (excluding diaryl/α,β-unsaturated/α-hetero) is 1. The molecule has 0 saturated carbocycles. The third-order valence-corrected chi connectivity index (χ3v) is 2.43. The van der Waals surface area contributed by atoms with E-state index in [0.717, 1.165) is 5.56 Å². The SMILES string of the molecule is Cc1ccc(C(=O)CC(C)CC(=O)O)cc1. The predicted octanol–water partition coefficient (Wildman–Crippen LogP) is 2.68. The Kier molecular flexibility index (Phi) is 4.23. The number of carboxylic acids is 1. The summed E-state index contributed by atoms with van der Waals surface area (Å²) in [6.07, 6.45) is 0.326. The molecular formula is C13H16O3. The van der Waals surface area contributed by atoms with Gasteiger partial charge in [-0.3, -0.25) is 9.59 Å². The van der Waals surface area contributed by atoms with Crippen LogP contribution in [0, 0.1) is 12.8 Å². The molecule has 0 aliphatic rings. The number of benzene rings is 1. The highest BCUT2D eigenvalue weighted by atomic mass is 16.4. The Morgan fingerprint density at radius 2 is 1.75 bits per heavy atom. The van der Waals surface area contributed by atoms with E-state index in [4.69, 9.17) is 5.11 Å². The van der Waals surface area contributed by atoms with Gasteiger partial charge in [0, 0.05) is 18.4 Å². The first-order valence-corrected chi connectivity index (χ1v) is 5.30. The fraction of sp³-hybridized carbons (Fsp3) is 0.385. The Labute approximate surface area is 95.1 Å². The number of hydrogen-bond donors (Lipinski definition) is 1. The van der Waals surface area contributed by atoms with Crippen LogP contribution in [0.25, 0.3) is 0 Å². The lowest BCUT2D eigenvalue weighted by Gasteiger charge is -2.07. The van der Waals surface area contributed by atoms with Crippen molar-refractivity contribution in [3.63, 3.8) is 0 Å². The lowest BCUT2D eigenvalue weighted by molar-refractivity contribution is -0.137. The van der Waals surface area contributed by atoms with Crippen molar-refractivity contribution >= 4 is 11.8 Å². The zero-order valence-corrected chi connectivity index (χ0v) is 9.56. The lowest BCUT2D eigenvalue weighted by atomic mass is 9.97. The lowest BCUT2D eigenvalue weighted by Crippen LogP contribution is -2.10. The molecule has 3 nitrogen and oxygen atoms in total. The topological polar surface area (TPSA) is 54.4 Å². The molecule has 0 amide bonds. The Morgan fingerprint density at radius 1 is 1.19 bits per heavy atom. The van der Waals surface area contributed by atoms with Crippen molar-refractivity contribution in [3.8, 4) is 0 Å². The molecular weight excluding hydrogens is 204 g/mol. The third kappa shape index (κ3) is 3.85. The molecule has 1 aromatic rings. The summed E-state index contributed by atoms with van der Waals surface area (Å²) in [6.45, 7) is 3.74. The van der Waals surface area contributed by atoms with Gasteiger partial charge in [-0.2, -0.15) is 0 Å². The van der Waals surface area contributed by atoms with Gasteiger partial charge in [0.25, 0.3) is 0 Å². The molecule has 0 aliphatic carbocycles. The Hall–Kier alpha value is -1.64. The third-order valence-electron chi connectivity index (χ3n) is 2.43. The van der Waals surface area contributed by atoms with Crippen LogP contribution >= 0.6 is 0 Å². The number of hydrogen-bond acceptors (Lipinski definition) is 2. The van der Waals surface area contributed by atoms with Crippen LogP contribution in [0.3, 0.4) is 0 Å². The first-order chi connectivity index (χ1) is 7.49. The molecule has 0 aliphatic heterocycles. The van der Waals surface area contributed by atoms with Crippen molar-refractivity contribution in [3.05, 3.63) is 35.4 Å². The average Bonchev–Trinajstić information content (AvgIpc) is 2.16. The molecule has 1 rings (SSSR count). The van der Waals surface area contributed by atoms with E-state index in [1.807, 2.05) is 19.1 Å². The van der Waals surface area contributed by atoms with Crippen LogP contribution in [0.5, 0.6) is 0 Å². The van der Waals surface area contributed by atoms with Crippen molar-refractivity contribution in [2.24, 2.45) is 5.92 Å². The van der Waals surface area contributed by atoms with E-state index in [2.05, 4.69) is 0 Å². The summed E-state index contributed by atoms with van der Waals surface area (Å²) in [4.78, 5) is 22.2. The van der Waals surface area contributed by atoms with E-state index in [-0.39, 0.29) is 24.5 Å².